The van der Waals surface area contributed by atoms with E-state index in [2.05, 4.69) is 26.4 Å². The van der Waals surface area contributed by atoms with E-state index in [1.165, 1.54) is 0 Å². The maximum Gasteiger partial charge on any atom is 0.259 e. The van der Waals surface area contributed by atoms with Crippen molar-refractivity contribution in [1.29, 1.82) is 0 Å². The van der Waals surface area contributed by atoms with Crippen LogP contribution in [0.5, 0.6) is 0 Å². The van der Waals surface area contributed by atoms with E-state index in [1.54, 1.807) is 13.0 Å². The van der Waals surface area contributed by atoms with Crippen LogP contribution in [-0.2, 0) is 0 Å². The van der Waals surface area contributed by atoms with Gasteiger partial charge in [-0.1, -0.05) is 16.8 Å². The van der Waals surface area contributed by atoms with Crippen LogP contribution in [0, 0.1) is 13.8 Å². The van der Waals surface area contributed by atoms with E-state index in [-0.39, 0.29) is 5.91 Å². The molecule has 0 atom stereocenters. The zero-order chi connectivity index (χ0) is 12.4. The molecule has 1 aromatic carbocycles. The molecule has 0 aliphatic rings. The van der Waals surface area contributed by atoms with Crippen molar-refractivity contribution in [1.82, 2.24) is 5.16 Å². The van der Waals surface area contributed by atoms with Crippen molar-refractivity contribution in [2.75, 3.05) is 5.32 Å². The molecule has 4 nitrogen and oxygen atoms in total. The summed E-state index contributed by atoms with van der Waals surface area (Å²) >= 11 is 3.34. The molecule has 0 aliphatic carbocycles. The Labute approximate surface area is 107 Å². The number of carbonyl (C=O) groups excluding carboxylic acids is 1. The summed E-state index contributed by atoms with van der Waals surface area (Å²) in [5, 5.41) is 6.35. The number of benzene rings is 1. The Kier molecular flexibility index (Phi) is 3.28. The van der Waals surface area contributed by atoms with Gasteiger partial charge in [-0.3, -0.25) is 10.1 Å². The van der Waals surface area contributed by atoms with Crippen LogP contribution in [0.1, 0.15) is 21.6 Å². The Balaban J connectivity index is 2.22. The van der Waals surface area contributed by atoms with E-state index in [9.17, 15) is 4.79 Å². The number of nitrogens with zero attached hydrogens (tertiary/aromatic N) is 1. The van der Waals surface area contributed by atoms with Gasteiger partial charge in [-0.2, -0.15) is 0 Å². The molecule has 17 heavy (non-hydrogen) atoms. The highest BCUT2D eigenvalue weighted by Crippen LogP contribution is 2.20. The number of aromatic nitrogens is 1. The third kappa shape index (κ3) is 2.74. The Morgan fingerprint density at radius 2 is 2.12 bits per heavy atom. The van der Waals surface area contributed by atoms with Crippen molar-refractivity contribution in [2.45, 2.75) is 13.8 Å². The van der Waals surface area contributed by atoms with Crippen molar-refractivity contribution in [3.63, 3.8) is 0 Å². The number of nitrogens with one attached hydrogen (secondary N) is 1. The van der Waals surface area contributed by atoms with Crippen molar-refractivity contribution < 1.29 is 9.32 Å². The average molecular weight is 295 g/mol. The van der Waals surface area contributed by atoms with Crippen LogP contribution in [0.3, 0.4) is 0 Å². The predicted octanol–water partition coefficient (Wildman–Crippen LogP) is 3.31. The second kappa shape index (κ2) is 4.71. The van der Waals surface area contributed by atoms with Gasteiger partial charge in [0.1, 0.15) is 0 Å². The Morgan fingerprint density at radius 1 is 1.35 bits per heavy atom. The summed E-state index contributed by atoms with van der Waals surface area (Å²) in [4.78, 5) is 12.0. The van der Waals surface area contributed by atoms with Crippen molar-refractivity contribution in [3.8, 4) is 0 Å². The molecule has 0 saturated heterocycles. The average Bonchev–Trinajstić information content (AvgIpc) is 2.67. The molecule has 1 N–H and O–H groups in total. The van der Waals surface area contributed by atoms with E-state index in [1.807, 2.05) is 25.1 Å². The number of aryl methyl sites for hydroxylation is 2. The lowest BCUT2D eigenvalue weighted by molar-refractivity contribution is 0.102. The Morgan fingerprint density at radius 3 is 2.76 bits per heavy atom. The third-order valence-electron chi connectivity index (χ3n) is 2.23. The van der Waals surface area contributed by atoms with E-state index in [4.69, 9.17) is 4.52 Å². The maximum absolute atomic E-state index is 12.0. The molecule has 1 amide bonds. The summed E-state index contributed by atoms with van der Waals surface area (Å²) in [6.07, 6.45) is 0. The maximum atomic E-state index is 12.0. The normalized spacial score (nSPS) is 10.3. The van der Waals surface area contributed by atoms with Crippen molar-refractivity contribution in [3.05, 3.63) is 45.6 Å². The first-order valence-corrected chi connectivity index (χ1v) is 5.86. The van der Waals surface area contributed by atoms with Gasteiger partial charge < -0.3 is 4.52 Å². The summed E-state index contributed by atoms with van der Waals surface area (Å²) < 4.78 is 5.68. The summed E-state index contributed by atoms with van der Waals surface area (Å²) in [6.45, 7) is 3.73. The molecule has 0 fully saturated rings. The Bertz CT molecular complexity index is 563. The molecule has 1 aromatic heterocycles. The van der Waals surface area contributed by atoms with Gasteiger partial charge in [-0.05, 0) is 41.9 Å². The van der Waals surface area contributed by atoms with Crippen molar-refractivity contribution in [2.24, 2.45) is 0 Å². The molecule has 0 aliphatic heterocycles. The molecule has 2 rings (SSSR count). The van der Waals surface area contributed by atoms with Crippen LogP contribution < -0.4 is 5.32 Å². The number of hydrogen-bond acceptors (Lipinski definition) is 3. The molecule has 0 unspecified atom stereocenters. The zero-order valence-electron chi connectivity index (χ0n) is 9.45. The standard InChI is InChI=1S/C12H11BrN2O2/c1-7-3-4-10(13)9(5-7)12(16)14-11-6-8(2)15-17-11/h3-6H,1-2H3,(H,14,16). The molecular weight excluding hydrogens is 284 g/mol. The second-order valence-corrected chi connectivity index (χ2v) is 4.62. The predicted molar refractivity (Wildman–Crippen MR) is 68.1 cm³/mol. The van der Waals surface area contributed by atoms with Gasteiger partial charge in [-0.15, -0.1) is 0 Å². The fraction of sp³-hybridized carbons (Fsp3) is 0.167. The minimum Gasteiger partial charge on any atom is -0.338 e. The highest BCUT2D eigenvalue weighted by Gasteiger charge is 2.12. The van der Waals surface area contributed by atoms with Crippen LogP contribution >= 0.6 is 15.9 Å². The molecule has 2 aromatic rings. The first-order chi connectivity index (χ1) is 8.06. The summed E-state index contributed by atoms with van der Waals surface area (Å²) in [5.41, 5.74) is 2.31. The van der Waals surface area contributed by atoms with Crippen LogP contribution in [0.4, 0.5) is 5.88 Å². The molecule has 88 valence electrons. The van der Waals surface area contributed by atoms with E-state index < -0.39 is 0 Å². The van der Waals surface area contributed by atoms with Gasteiger partial charge in [0.2, 0.25) is 5.88 Å². The first-order valence-electron chi connectivity index (χ1n) is 5.07. The van der Waals surface area contributed by atoms with Crippen LogP contribution in [-0.4, -0.2) is 11.1 Å². The van der Waals surface area contributed by atoms with E-state index >= 15 is 0 Å². The second-order valence-electron chi connectivity index (χ2n) is 3.77. The van der Waals surface area contributed by atoms with Gasteiger partial charge >= 0.3 is 0 Å². The highest BCUT2D eigenvalue weighted by molar-refractivity contribution is 9.10. The Hall–Kier alpha value is -1.62. The summed E-state index contributed by atoms with van der Waals surface area (Å²) in [6, 6.07) is 7.25. The van der Waals surface area contributed by atoms with Gasteiger partial charge in [0.05, 0.1) is 11.3 Å². The smallest absolute Gasteiger partial charge is 0.259 e. The fourth-order valence-electron chi connectivity index (χ4n) is 1.41. The van der Waals surface area contributed by atoms with Gasteiger partial charge in [-0.25, -0.2) is 0 Å². The fourth-order valence-corrected chi connectivity index (χ4v) is 1.84. The molecule has 5 heteroatoms. The van der Waals surface area contributed by atoms with E-state index in [0.29, 0.717) is 11.4 Å². The lowest BCUT2D eigenvalue weighted by Gasteiger charge is -2.04. The van der Waals surface area contributed by atoms with E-state index in [0.717, 1.165) is 15.7 Å². The molecule has 1 heterocycles. The largest absolute Gasteiger partial charge is 0.338 e. The molecule has 0 spiro atoms. The number of halogens is 1. The molecular formula is C12H11BrN2O2. The minimum absolute atomic E-state index is 0.225. The number of amides is 1. The quantitative estimate of drug-likeness (QED) is 0.924. The first kappa shape index (κ1) is 11.9. The highest BCUT2D eigenvalue weighted by atomic mass is 79.9. The minimum atomic E-state index is -0.225. The van der Waals surface area contributed by atoms with Crippen LogP contribution in [0.15, 0.2) is 33.3 Å². The van der Waals surface area contributed by atoms with Crippen LogP contribution in [0.2, 0.25) is 0 Å². The van der Waals surface area contributed by atoms with Crippen molar-refractivity contribution >= 4 is 27.7 Å². The zero-order valence-corrected chi connectivity index (χ0v) is 11.0. The molecule has 0 saturated carbocycles. The van der Waals surface area contributed by atoms with Gasteiger partial charge in [0.25, 0.3) is 5.91 Å². The number of anilines is 1. The SMILES string of the molecule is Cc1ccc(Br)c(C(=O)Nc2cc(C)no2)c1. The summed E-state index contributed by atoms with van der Waals surface area (Å²) in [5.74, 6) is 0.123. The topological polar surface area (TPSA) is 55.1 Å². The third-order valence-corrected chi connectivity index (χ3v) is 2.92. The molecule has 0 radical (unpaired) electrons. The lowest BCUT2D eigenvalue weighted by atomic mass is 10.1. The van der Waals surface area contributed by atoms with Crippen LogP contribution in [0.25, 0.3) is 0 Å². The van der Waals surface area contributed by atoms with Gasteiger partial charge in [0, 0.05) is 10.5 Å². The summed E-state index contributed by atoms with van der Waals surface area (Å²) in [7, 11) is 0. The molecule has 0 bridgehead atoms. The van der Waals surface area contributed by atoms with Gasteiger partial charge in [0.15, 0.2) is 0 Å². The monoisotopic (exact) mass is 294 g/mol. The number of hydrogen-bond donors (Lipinski definition) is 1. The number of carbonyl (C=O) groups is 1. The lowest BCUT2D eigenvalue weighted by Crippen LogP contribution is -2.12. The number of rotatable bonds is 2.